The van der Waals surface area contributed by atoms with Crippen LogP contribution in [-0.4, -0.2) is 45.4 Å². The average Bonchev–Trinajstić information content (AvgIpc) is 2.91. The van der Waals surface area contributed by atoms with Crippen molar-refractivity contribution in [2.24, 2.45) is 11.8 Å². The molecular weight excluding hydrogens is 554 g/mol. The van der Waals surface area contributed by atoms with E-state index in [1.807, 2.05) is 38.1 Å². The molecule has 0 saturated heterocycles. The SMILES string of the molecule is COc1cc(C2C(C(=O)Nc3cc(C)ccc3C)C(=O)CC(C)(O)C2C(=O)Nc2cc(C)ccc2C)cc([N+](=O)[O-])c1O. The molecule has 1 aliphatic carbocycles. The van der Waals surface area contributed by atoms with Crippen LogP contribution < -0.4 is 15.4 Å². The predicted octanol–water partition coefficient (Wildman–Crippen LogP) is 4.86. The third kappa shape index (κ3) is 6.21. The maximum atomic E-state index is 14.1. The van der Waals surface area contributed by atoms with Crippen LogP contribution in [0.1, 0.15) is 47.1 Å². The maximum absolute atomic E-state index is 14.1. The van der Waals surface area contributed by atoms with Gasteiger partial charge in [0.1, 0.15) is 11.7 Å². The number of Topliss-reactive ketones (excluding diaryl/α,β-unsaturated/α-hetero) is 1. The zero-order chi connectivity index (χ0) is 31.8. The highest BCUT2D eigenvalue weighted by Crippen LogP contribution is 2.49. The van der Waals surface area contributed by atoms with Gasteiger partial charge in [-0.15, -0.1) is 0 Å². The van der Waals surface area contributed by atoms with E-state index in [4.69, 9.17) is 4.74 Å². The van der Waals surface area contributed by atoms with Crippen molar-refractivity contribution in [2.75, 3.05) is 17.7 Å². The smallest absolute Gasteiger partial charge is 0.314 e. The largest absolute Gasteiger partial charge is 0.500 e. The van der Waals surface area contributed by atoms with Crippen molar-refractivity contribution in [3.8, 4) is 11.5 Å². The molecule has 4 atom stereocenters. The Labute approximate surface area is 249 Å². The number of rotatable bonds is 7. The molecule has 1 fully saturated rings. The topological polar surface area (TPSA) is 168 Å². The number of aliphatic hydroxyl groups is 1. The first kappa shape index (κ1) is 31.2. The van der Waals surface area contributed by atoms with Gasteiger partial charge in [0.15, 0.2) is 5.75 Å². The number of nitrogens with zero attached hydrogens (tertiary/aromatic N) is 1. The Bertz CT molecular complexity index is 1630. The van der Waals surface area contributed by atoms with Gasteiger partial charge in [0, 0.05) is 29.8 Å². The van der Waals surface area contributed by atoms with E-state index in [1.165, 1.54) is 20.1 Å². The number of nitro groups is 1. The summed E-state index contributed by atoms with van der Waals surface area (Å²) in [4.78, 5) is 52.7. The Kier molecular flexibility index (Phi) is 8.59. The highest BCUT2D eigenvalue weighted by atomic mass is 16.6. The normalized spacial score (nSPS) is 21.7. The van der Waals surface area contributed by atoms with Crippen molar-refractivity contribution in [1.82, 2.24) is 0 Å². The maximum Gasteiger partial charge on any atom is 0.314 e. The summed E-state index contributed by atoms with van der Waals surface area (Å²) in [5.41, 5.74) is 1.45. The number of ether oxygens (including phenoxy) is 1. The van der Waals surface area contributed by atoms with Gasteiger partial charge in [-0.2, -0.15) is 0 Å². The van der Waals surface area contributed by atoms with Crippen LogP contribution in [0.25, 0.3) is 0 Å². The molecule has 226 valence electrons. The number of carbonyl (C=O) groups is 3. The molecule has 2 amide bonds. The van der Waals surface area contributed by atoms with Gasteiger partial charge in [0.25, 0.3) is 0 Å². The summed E-state index contributed by atoms with van der Waals surface area (Å²) in [6.45, 7) is 8.60. The van der Waals surface area contributed by atoms with Crippen LogP contribution in [0, 0.1) is 49.6 Å². The van der Waals surface area contributed by atoms with Crippen LogP contribution in [0.3, 0.4) is 0 Å². The minimum atomic E-state index is -1.94. The molecular formula is C32H35N3O8. The third-order valence-corrected chi connectivity index (χ3v) is 8.01. The molecule has 0 aromatic heterocycles. The molecule has 4 rings (SSSR count). The molecule has 43 heavy (non-hydrogen) atoms. The van der Waals surface area contributed by atoms with Gasteiger partial charge in [-0.05, 0) is 80.6 Å². The molecule has 0 radical (unpaired) electrons. The summed E-state index contributed by atoms with van der Waals surface area (Å²) >= 11 is 0. The number of methoxy groups -OCH3 is 1. The zero-order valence-corrected chi connectivity index (χ0v) is 24.8. The molecule has 3 aromatic carbocycles. The zero-order valence-electron chi connectivity index (χ0n) is 24.8. The van der Waals surface area contributed by atoms with Gasteiger partial charge in [-0.3, -0.25) is 24.5 Å². The number of amides is 2. The number of phenolic OH excluding ortho intramolecular Hbond substituents is 1. The number of benzene rings is 3. The summed E-state index contributed by atoms with van der Waals surface area (Å²) in [6, 6.07) is 13.1. The Morgan fingerprint density at radius 2 is 1.49 bits per heavy atom. The predicted molar refractivity (Wildman–Crippen MR) is 160 cm³/mol. The van der Waals surface area contributed by atoms with Gasteiger partial charge in [-0.1, -0.05) is 24.3 Å². The van der Waals surface area contributed by atoms with E-state index in [-0.39, 0.29) is 11.3 Å². The number of anilines is 2. The van der Waals surface area contributed by atoms with Crippen LogP contribution in [0.15, 0.2) is 48.5 Å². The van der Waals surface area contributed by atoms with Crippen molar-refractivity contribution in [3.63, 3.8) is 0 Å². The van der Waals surface area contributed by atoms with Gasteiger partial charge in [-0.25, -0.2) is 0 Å². The fraction of sp³-hybridized carbons (Fsp3) is 0.344. The van der Waals surface area contributed by atoms with Gasteiger partial charge < -0.3 is 25.6 Å². The van der Waals surface area contributed by atoms with E-state index in [0.29, 0.717) is 11.4 Å². The lowest BCUT2D eigenvalue weighted by Gasteiger charge is -2.44. The van der Waals surface area contributed by atoms with Crippen LogP contribution in [0.2, 0.25) is 0 Å². The van der Waals surface area contributed by atoms with Crippen LogP contribution in [0.4, 0.5) is 17.1 Å². The molecule has 0 bridgehead atoms. The molecule has 4 unspecified atom stereocenters. The Hall–Kier alpha value is -4.77. The first-order valence-electron chi connectivity index (χ1n) is 13.7. The van der Waals surface area contributed by atoms with E-state index in [9.17, 15) is 34.7 Å². The number of nitro benzene ring substituents is 1. The molecule has 3 aromatic rings. The lowest BCUT2D eigenvalue weighted by Crippen LogP contribution is -2.56. The van der Waals surface area contributed by atoms with E-state index in [1.54, 1.807) is 26.0 Å². The standard InChI is InChI=1S/C32H35N3O8/c1-16-7-9-18(3)21(11-16)33-30(38)27-24(36)15-32(5,40)28(31(39)34-22-12-17(2)8-10-19(22)4)26(27)20-13-23(35(41)42)29(37)25(14-20)43-6/h7-14,26-28,37,40H,15H2,1-6H3,(H,33,38)(H,34,39). The molecule has 0 aliphatic heterocycles. The number of aromatic hydroxyl groups is 1. The molecule has 11 heteroatoms. The number of hydrogen-bond donors (Lipinski definition) is 4. The number of phenols is 1. The van der Waals surface area contributed by atoms with Crippen molar-refractivity contribution in [2.45, 2.75) is 52.6 Å². The van der Waals surface area contributed by atoms with Crippen molar-refractivity contribution in [3.05, 3.63) is 86.5 Å². The second kappa shape index (κ2) is 11.8. The highest BCUT2D eigenvalue weighted by Gasteiger charge is 2.56. The molecule has 0 heterocycles. The van der Waals surface area contributed by atoms with Crippen molar-refractivity contribution >= 4 is 34.7 Å². The van der Waals surface area contributed by atoms with Gasteiger partial charge >= 0.3 is 5.69 Å². The third-order valence-electron chi connectivity index (χ3n) is 8.01. The second-order valence-corrected chi connectivity index (χ2v) is 11.4. The van der Waals surface area contributed by atoms with Gasteiger partial charge in [0.05, 0.1) is 23.6 Å². The lowest BCUT2D eigenvalue weighted by molar-refractivity contribution is -0.386. The van der Waals surface area contributed by atoms with E-state index >= 15 is 0 Å². The number of aryl methyl sites for hydroxylation is 4. The Morgan fingerprint density at radius 1 is 0.953 bits per heavy atom. The fourth-order valence-corrected chi connectivity index (χ4v) is 5.75. The summed E-state index contributed by atoms with van der Waals surface area (Å²) in [5.74, 6) is -7.43. The summed E-state index contributed by atoms with van der Waals surface area (Å²) < 4.78 is 5.18. The average molecular weight is 590 g/mol. The monoisotopic (exact) mass is 589 g/mol. The molecule has 0 spiro atoms. The van der Waals surface area contributed by atoms with Crippen molar-refractivity contribution < 1.29 is 34.3 Å². The molecule has 11 nitrogen and oxygen atoms in total. The van der Waals surface area contributed by atoms with Crippen LogP contribution in [0.5, 0.6) is 11.5 Å². The first-order valence-corrected chi connectivity index (χ1v) is 13.7. The van der Waals surface area contributed by atoms with E-state index in [0.717, 1.165) is 28.3 Å². The number of hydrogen-bond acceptors (Lipinski definition) is 8. The second-order valence-electron chi connectivity index (χ2n) is 11.4. The van der Waals surface area contributed by atoms with Crippen LogP contribution in [-0.2, 0) is 14.4 Å². The highest BCUT2D eigenvalue weighted by molar-refractivity contribution is 6.10. The number of nitrogens with one attached hydrogen (secondary N) is 2. The minimum Gasteiger partial charge on any atom is -0.500 e. The van der Waals surface area contributed by atoms with E-state index in [2.05, 4.69) is 10.6 Å². The first-order chi connectivity index (χ1) is 20.1. The molecule has 1 saturated carbocycles. The molecule has 1 aliphatic rings. The van der Waals surface area contributed by atoms with Crippen molar-refractivity contribution in [1.29, 1.82) is 0 Å². The summed E-state index contributed by atoms with van der Waals surface area (Å²) in [6.07, 6.45) is -0.517. The summed E-state index contributed by atoms with van der Waals surface area (Å²) in [5, 5.41) is 39.6. The Morgan fingerprint density at radius 3 is 2.00 bits per heavy atom. The number of ketones is 1. The number of carbonyl (C=O) groups excluding carboxylic acids is 3. The Balaban J connectivity index is 1.92. The molecule has 4 N–H and O–H groups in total. The minimum absolute atomic E-state index is 0.00287. The quantitative estimate of drug-likeness (QED) is 0.172. The van der Waals surface area contributed by atoms with Crippen LogP contribution >= 0.6 is 0 Å². The summed E-state index contributed by atoms with van der Waals surface area (Å²) in [7, 11) is 1.19. The lowest BCUT2D eigenvalue weighted by atomic mass is 9.61. The van der Waals surface area contributed by atoms with Gasteiger partial charge in [0.2, 0.25) is 17.6 Å². The fourth-order valence-electron chi connectivity index (χ4n) is 5.75. The van der Waals surface area contributed by atoms with E-state index < -0.39 is 63.7 Å².